The molecular weight excluding hydrogens is 448 g/mol. The number of rotatable bonds is 6. The van der Waals surface area contributed by atoms with Crippen molar-refractivity contribution >= 4 is 21.2 Å². The van der Waals surface area contributed by atoms with Crippen molar-refractivity contribution in [3.8, 4) is 28.2 Å². The number of aromatic nitrogens is 2. The second-order valence-electron chi connectivity index (χ2n) is 7.20. The molecule has 0 aliphatic heterocycles. The number of hydrogen-bond acceptors (Lipinski definition) is 7. The van der Waals surface area contributed by atoms with Crippen LogP contribution in [0.1, 0.15) is 0 Å². The zero-order valence-corrected chi connectivity index (χ0v) is 18.0. The second-order valence-corrected chi connectivity index (χ2v) is 9.22. The molecule has 0 aliphatic rings. The number of nitrogens with zero attached hydrogens (tertiary/aromatic N) is 4. The molecule has 166 valence electrons. The minimum absolute atomic E-state index is 0.0508. The fourth-order valence-corrected chi connectivity index (χ4v) is 3.90. The summed E-state index contributed by atoms with van der Waals surface area (Å²) in [7, 11) is -3.37. The number of hydrogen-bond donors (Lipinski definition) is 0. The number of nitro groups is 2. The lowest BCUT2D eigenvalue weighted by Gasteiger charge is -2.08. The van der Waals surface area contributed by atoms with Crippen LogP contribution in [0.2, 0.25) is 0 Å². The maximum Gasteiger partial charge on any atom is 0.269 e. The van der Waals surface area contributed by atoms with Crippen molar-refractivity contribution in [1.82, 2.24) is 9.78 Å². The van der Waals surface area contributed by atoms with E-state index in [0.29, 0.717) is 28.2 Å². The molecule has 10 nitrogen and oxygen atoms in total. The van der Waals surface area contributed by atoms with Gasteiger partial charge in [0.25, 0.3) is 11.4 Å². The van der Waals surface area contributed by atoms with Gasteiger partial charge in [0.15, 0.2) is 9.84 Å². The Kier molecular flexibility index (Phi) is 5.48. The average molecular weight is 464 g/mol. The molecule has 4 aromatic rings. The highest BCUT2D eigenvalue weighted by molar-refractivity contribution is 7.90. The van der Waals surface area contributed by atoms with Crippen LogP contribution in [0, 0.1) is 20.2 Å². The van der Waals surface area contributed by atoms with Crippen LogP contribution in [0.4, 0.5) is 11.4 Å². The van der Waals surface area contributed by atoms with Gasteiger partial charge in [-0.15, -0.1) is 0 Å². The van der Waals surface area contributed by atoms with Crippen molar-refractivity contribution in [1.29, 1.82) is 0 Å². The Bertz CT molecular complexity index is 1460. The van der Waals surface area contributed by atoms with Gasteiger partial charge < -0.3 is 0 Å². The average Bonchev–Trinajstić information content (AvgIpc) is 3.24. The Hall–Kier alpha value is -4.38. The molecule has 3 aromatic carbocycles. The van der Waals surface area contributed by atoms with Crippen molar-refractivity contribution in [3.63, 3.8) is 0 Å². The lowest BCUT2D eigenvalue weighted by atomic mass is 10.1. The van der Waals surface area contributed by atoms with Gasteiger partial charge in [-0.2, -0.15) is 5.10 Å². The Labute approximate surface area is 188 Å². The molecule has 0 saturated carbocycles. The van der Waals surface area contributed by atoms with E-state index < -0.39 is 19.7 Å². The van der Waals surface area contributed by atoms with E-state index in [0.717, 1.165) is 6.26 Å². The third kappa shape index (κ3) is 4.48. The van der Waals surface area contributed by atoms with Gasteiger partial charge in [-0.25, -0.2) is 13.1 Å². The first-order chi connectivity index (χ1) is 15.6. The van der Waals surface area contributed by atoms with E-state index in [1.165, 1.54) is 36.4 Å². The summed E-state index contributed by atoms with van der Waals surface area (Å²) in [5, 5.41) is 26.6. The van der Waals surface area contributed by atoms with Crippen LogP contribution in [-0.4, -0.2) is 34.3 Å². The minimum atomic E-state index is -3.37. The van der Waals surface area contributed by atoms with Crippen LogP contribution in [0.3, 0.4) is 0 Å². The van der Waals surface area contributed by atoms with E-state index in [1.54, 1.807) is 47.1 Å². The lowest BCUT2D eigenvalue weighted by Crippen LogP contribution is -2.01. The first-order valence-electron chi connectivity index (χ1n) is 9.54. The van der Waals surface area contributed by atoms with E-state index in [9.17, 15) is 28.6 Å². The zero-order valence-electron chi connectivity index (χ0n) is 17.2. The molecule has 0 atom stereocenters. The Morgan fingerprint density at radius 3 is 1.70 bits per heavy atom. The topological polar surface area (TPSA) is 138 Å². The molecule has 4 rings (SSSR count). The minimum Gasteiger partial charge on any atom is -0.258 e. The SMILES string of the molecule is CS(=O)(=O)c1ccc(-n2nc(-c3ccc([N+](=O)[O-])cc3)cc2-c2ccc([N+](=O)[O-])cc2)cc1. The molecule has 0 bridgehead atoms. The summed E-state index contributed by atoms with van der Waals surface area (Å²) in [6.07, 6.45) is 1.12. The third-order valence-electron chi connectivity index (χ3n) is 4.97. The first-order valence-corrected chi connectivity index (χ1v) is 11.4. The highest BCUT2D eigenvalue weighted by Gasteiger charge is 2.16. The van der Waals surface area contributed by atoms with E-state index in [-0.39, 0.29) is 16.3 Å². The van der Waals surface area contributed by atoms with Crippen molar-refractivity contribution in [2.45, 2.75) is 4.90 Å². The molecular formula is C22H16N4O6S. The summed E-state index contributed by atoms with van der Waals surface area (Å²) >= 11 is 0. The molecule has 0 spiro atoms. The van der Waals surface area contributed by atoms with Gasteiger partial charge in [0.2, 0.25) is 0 Å². The normalized spacial score (nSPS) is 11.3. The summed E-state index contributed by atoms with van der Waals surface area (Å²) < 4.78 is 25.2. The summed E-state index contributed by atoms with van der Waals surface area (Å²) in [5.41, 5.74) is 2.87. The highest BCUT2D eigenvalue weighted by Crippen LogP contribution is 2.31. The number of sulfone groups is 1. The smallest absolute Gasteiger partial charge is 0.258 e. The molecule has 1 aromatic heterocycles. The first kappa shape index (κ1) is 21.8. The van der Waals surface area contributed by atoms with E-state index >= 15 is 0 Å². The molecule has 11 heteroatoms. The lowest BCUT2D eigenvalue weighted by molar-refractivity contribution is -0.385. The Balaban J connectivity index is 1.84. The molecule has 0 aliphatic carbocycles. The van der Waals surface area contributed by atoms with Crippen LogP contribution in [-0.2, 0) is 9.84 Å². The maximum absolute atomic E-state index is 11.8. The van der Waals surface area contributed by atoms with Gasteiger partial charge in [0.1, 0.15) is 0 Å². The van der Waals surface area contributed by atoms with Gasteiger partial charge in [0.05, 0.1) is 31.8 Å². The highest BCUT2D eigenvalue weighted by atomic mass is 32.2. The van der Waals surface area contributed by atoms with E-state index in [4.69, 9.17) is 0 Å². The van der Waals surface area contributed by atoms with Crippen molar-refractivity contribution in [2.24, 2.45) is 0 Å². The van der Waals surface area contributed by atoms with Gasteiger partial charge in [-0.1, -0.05) is 0 Å². The van der Waals surface area contributed by atoms with Crippen molar-refractivity contribution < 1.29 is 18.3 Å². The molecule has 0 unspecified atom stereocenters. The summed E-state index contributed by atoms with van der Waals surface area (Å²) in [5.74, 6) is 0. The predicted molar refractivity (Wildman–Crippen MR) is 121 cm³/mol. The molecule has 0 fully saturated rings. The zero-order chi connectivity index (χ0) is 23.8. The van der Waals surface area contributed by atoms with Gasteiger partial charge in [0, 0.05) is 41.6 Å². The quantitative estimate of drug-likeness (QED) is 0.304. The molecule has 33 heavy (non-hydrogen) atoms. The van der Waals surface area contributed by atoms with Crippen LogP contribution in [0.15, 0.2) is 83.8 Å². The van der Waals surface area contributed by atoms with Gasteiger partial charge in [-0.3, -0.25) is 20.2 Å². The third-order valence-corrected chi connectivity index (χ3v) is 6.10. The Morgan fingerprint density at radius 1 is 0.758 bits per heavy atom. The van der Waals surface area contributed by atoms with Crippen LogP contribution in [0.5, 0.6) is 0 Å². The summed E-state index contributed by atoms with van der Waals surface area (Å²) in [6.45, 7) is 0. The van der Waals surface area contributed by atoms with Gasteiger partial charge in [-0.05, 0) is 54.6 Å². The molecule has 0 amide bonds. The number of non-ortho nitro benzene ring substituents is 2. The summed E-state index contributed by atoms with van der Waals surface area (Å²) in [6, 6.07) is 19.8. The fourth-order valence-electron chi connectivity index (χ4n) is 3.27. The van der Waals surface area contributed by atoms with Crippen molar-refractivity contribution in [2.75, 3.05) is 6.26 Å². The van der Waals surface area contributed by atoms with E-state index in [1.807, 2.05) is 0 Å². The largest absolute Gasteiger partial charge is 0.269 e. The second kappa shape index (κ2) is 8.28. The fraction of sp³-hybridized carbons (Fsp3) is 0.0455. The van der Waals surface area contributed by atoms with Gasteiger partial charge >= 0.3 is 0 Å². The van der Waals surface area contributed by atoms with Crippen LogP contribution < -0.4 is 0 Å². The predicted octanol–water partition coefficient (Wildman–Crippen LogP) is 4.43. The number of benzene rings is 3. The standard InChI is InChI=1S/C22H16N4O6S/c1-33(31,32)20-12-10-17(11-13-20)24-22(16-4-8-19(9-5-16)26(29)30)14-21(23-24)15-2-6-18(7-3-15)25(27)28/h2-14H,1H3. The van der Waals surface area contributed by atoms with Crippen LogP contribution in [0.25, 0.3) is 28.2 Å². The molecule has 0 saturated heterocycles. The molecule has 1 heterocycles. The number of nitro benzene ring substituents is 2. The Morgan fingerprint density at radius 2 is 1.24 bits per heavy atom. The van der Waals surface area contributed by atoms with Crippen molar-refractivity contribution in [3.05, 3.63) is 99.1 Å². The monoisotopic (exact) mass is 464 g/mol. The maximum atomic E-state index is 11.8. The molecule has 0 radical (unpaired) electrons. The van der Waals surface area contributed by atoms with E-state index in [2.05, 4.69) is 5.10 Å². The molecule has 0 N–H and O–H groups in total. The summed E-state index contributed by atoms with van der Waals surface area (Å²) in [4.78, 5) is 21.1. The van der Waals surface area contributed by atoms with Crippen LogP contribution >= 0.6 is 0 Å².